The molecule has 1 saturated heterocycles. The average Bonchev–Trinajstić information content (AvgIpc) is 3.77. The molecule has 0 bridgehead atoms. The Bertz CT molecular complexity index is 1840. The van der Waals surface area contributed by atoms with Crippen molar-refractivity contribution in [1.29, 1.82) is 0 Å². The highest BCUT2D eigenvalue weighted by Gasteiger charge is 2.48. The fourth-order valence-electron chi connectivity index (χ4n) is 5.87. The first-order chi connectivity index (χ1) is 23.3. The van der Waals surface area contributed by atoms with Gasteiger partial charge in [0.05, 0.1) is 24.8 Å². The number of aliphatic hydroxyl groups is 1. The highest BCUT2D eigenvalue weighted by Crippen LogP contribution is 2.46. The smallest absolute Gasteiger partial charge is 0.301 e. The molecule has 4 aromatic rings. The van der Waals surface area contributed by atoms with Crippen LogP contribution in [0.15, 0.2) is 70.6 Å². The minimum absolute atomic E-state index is 0.0122. The van der Waals surface area contributed by atoms with Gasteiger partial charge in [0.1, 0.15) is 17.6 Å². The van der Waals surface area contributed by atoms with Crippen molar-refractivity contribution in [3.8, 4) is 17.2 Å². The molecular weight excluding hydrogens is 647 g/mol. The summed E-state index contributed by atoms with van der Waals surface area (Å²) in [6.45, 7) is 8.98. The summed E-state index contributed by atoms with van der Waals surface area (Å²) in [6.07, 6.45) is 3.73. The molecule has 0 radical (unpaired) electrons. The number of hydrogen-bond acceptors (Lipinski definition) is 10. The summed E-state index contributed by atoms with van der Waals surface area (Å²) in [6, 6.07) is 18.0. The Kier molecular flexibility index (Phi) is 10.4. The van der Waals surface area contributed by atoms with Gasteiger partial charge in [-0.2, -0.15) is 0 Å². The lowest BCUT2D eigenvalue weighted by atomic mass is 9.94. The van der Waals surface area contributed by atoms with E-state index in [0.717, 1.165) is 36.1 Å². The lowest BCUT2D eigenvalue weighted by Crippen LogP contribution is -2.29. The fourth-order valence-corrected chi connectivity index (χ4v) is 7.70. The molecule has 48 heavy (non-hydrogen) atoms. The normalized spacial score (nSPS) is 18.2. The average molecular weight is 686 g/mol. The molecule has 1 aromatic heterocycles. The quantitative estimate of drug-likeness (QED) is 0.0373. The maximum atomic E-state index is 13.9. The van der Waals surface area contributed by atoms with Crippen LogP contribution in [0.25, 0.3) is 5.76 Å². The minimum atomic E-state index is -0.982. The number of carbonyl (C=O) groups excluding carboxylic acids is 2. The van der Waals surface area contributed by atoms with E-state index in [1.54, 1.807) is 30.3 Å². The van der Waals surface area contributed by atoms with Gasteiger partial charge >= 0.3 is 5.91 Å². The molecule has 6 rings (SSSR count). The number of aromatic nitrogens is 2. The summed E-state index contributed by atoms with van der Waals surface area (Å²) in [5, 5.41) is 20.8. The number of nitrogens with zero attached hydrogens (tertiary/aromatic N) is 3. The third-order valence-electron chi connectivity index (χ3n) is 8.29. The van der Waals surface area contributed by atoms with Crippen LogP contribution in [0.4, 0.5) is 5.13 Å². The van der Waals surface area contributed by atoms with Crippen molar-refractivity contribution >= 4 is 45.7 Å². The van der Waals surface area contributed by atoms with Crippen LogP contribution in [-0.2, 0) is 21.8 Å². The fraction of sp³-hybridized carbons (Fsp3) is 0.351. The van der Waals surface area contributed by atoms with Gasteiger partial charge in [-0.25, -0.2) is 0 Å². The first kappa shape index (κ1) is 33.5. The van der Waals surface area contributed by atoms with Crippen LogP contribution in [0, 0.1) is 6.92 Å². The van der Waals surface area contributed by atoms with Crippen molar-refractivity contribution in [3.05, 3.63) is 94.1 Å². The van der Waals surface area contributed by atoms with Crippen molar-refractivity contribution in [2.45, 2.75) is 75.6 Å². The molecule has 250 valence electrons. The zero-order valence-electron chi connectivity index (χ0n) is 27.5. The number of aliphatic hydroxyl groups excluding tert-OH is 1. The zero-order chi connectivity index (χ0) is 33.8. The van der Waals surface area contributed by atoms with E-state index in [-0.39, 0.29) is 22.6 Å². The number of hydrogen-bond donors (Lipinski definition) is 1. The molecule has 2 aliphatic rings. The molecule has 0 unspecified atom stereocenters. The molecule has 0 saturated carbocycles. The number of thioether (sulfide) groups is 1. The van der Waals surface area contributed by atoms with Crippen LogP contribution in [0.1, 0.15) is 73.9 Å². The minimum Gasteiger partial charge on any atom is -0.507 e. The molecule has 9 nitrogen and oxygen atoms in total. The maximum absolute atomic E-state index is 13.9. The van der Waals surface area contributed by atoms with E-state index in [9.17, 15) is 14.7 Å². The van der Waals surface area contributed by atoms with Crippen LogP contribution in [-0.4, -0.2) is 46.3 Å². The first-order valence-electron chi connectivity index (χ1n) is 16.3. The van der Waals surface area contributed by atoms with Gasteiger partial charge in [-0.05, 0) is 74.2 Å². The summed E-state index contributed by atoms with van der Waals surface area (Å²) in [7, 11) is 0. The van der Waals surface area contributed by atoms with Gasteiger partial charge in [0.2, 0.25) is 5.13 Å². The Morgan fingerprint density at radius 2 is 1.83 bits per heavy atom. The van der Waals surface area contributed by atoms with E-state index in [1.807, 2.05) is 26.8 Å². The number of anilines is 1. The molecule has 3 heterocycles. The number of ketones is 1. The molecule has 0 aliphatic carbocycles. The summed E-state index contributed by atoms with van der Waals surface area (Å²) >= 11 is 2.74. The number of aryl methyl sites for hydroxylation is 1. The van der Waals surface area contributed by atoms with Gasteiger partial charge in [-0.1, -0.05) is 78.8 Å². The molecule has 3 aromatic carbocycles. The molecular formula is C37H39N3O6S2. The second kappa shape index (κ2) is 14.8. The monoisotopic (exact) mass is 685 g/mol. The number of fused-ring (bicyclic) bond motifs is 1. The Morgan fingerprint density at radius 3 is 2.60 bits per heavy atom. The maximum Gasteiger partial charge on any atom is 0.301 e. The third-order valence-corrected chi connectivity index (χ3v) is 10.4. The van der Waals surface area contributed by atoms with E-state index in [2.05, 4.69) is 41.4 Å². The third kappa shape index (κ3) is 7.07. The van der Waals surface area contributed by atoms with Crippen LogP contribution in [0.3, 0.4) is 0 Å². The predicted octanol–water partition coefficient (Wildman–Crippen LogP) is 8.06. The van der Waals surface area contributed by atoms with Crippen LogP contribution >= 0.6 is 23.1 Å². The van der Waals surface area contributed by atoms with Crippen molar-refractivity contribution in [2.24, 2.45) is 0 Å². The molecule has 1 amide bonds. The number of benzene rings is 3. The number of ether oxygens (including phenoxy) is 3. The highest BCUT2D eigenvalue weighted by atomic mass is 32.2. The number of Topliss-reactive ketones (excluding diaryl/α,β-unsaturated/α-hetero) is 1. The largest absolute Gasteiger partial charge is 0.507 e. The lowest BCUT2D eigenvalue weighted by Gasteiger charge is -2.23. The van der Waals surface area contributed by atoms with Gasteiger partial charge in [-0.15, -0.1) is 10.2 Å². The zero-order valence-corrected chi connectivity index (χ0v) is 29.2. The summed E-state index contributed by atoms with van der Waals surface area (Å²) in [5.74, 6) is 0.638. The second-order valence-electron chi connectivity index (χ2n) is 11.9. The number of unbranched alkanes of at least 4 members (excludes halogenated alkanes) is 2. The van der Waals surface area contributed by atoms with Gasteiger partial charge in [0, 0.05) is 17.7 Å². The van der Waals surface area contributed by atoms with E-state index in [0.29, 0.717) is 52.4 Å². The summed E-state index contributed by atoms with van der Waals surface area (Å²) < 4.78 is 18.5. The predicted molar refractivity (Wildman–Crippen MR) is 188 cm³/mol. The van der Waals surface area contributed by atoms with E-state index in [1.165, 1.54) is 33.6 Å². The number of amides is 1. The van der Waals surface area contributed by atoms with Crippen molar-refractivity contribution in [1.82, 2.24) is 10.2 Å². The molecule has 0 spiro atoms. The summed E-state index contributed by atoms with van der Waals surface area (Å²) in [4.78, 5) is 29.1. The van der Waals surface area contributed by atoms with Crippen molar-refractivity contribution in [3.63, 3.8) is 0 Å². The first-order valence-corrected chi connectivity index (χ1v) is 18.1. The Hall–Kier alpha value is -4.35. The van der Waals surface area contributed by atoms with E-state index in [4.69, 9.17) is 14.2 Å². The SMILES string of the molecule is CCCCCOc1ccc([C@H]2/C(=C(\O)c3ccc4c(c3)C[C@@H](C)O4)C(=O)C(=O)N2c2nnc(SCc3ccc(C)cc3)s2)cc1OCC. The Morgan fingerprint density at radius 1 is 1.02 bits per heavy atom. The number of rotatable bonds is 13. The van der Waals surface area contributed by atoms with Gasteiger partial charge < -0.3 is 19.3 Å². The van der Waals surface area contributed by atoms with Gasteiger partial charge in [0.15, 0.2) is 15.8 Å². The standard InChI is InChI=1S/C37H39N3O6S2/c1-5-7-8-17-45-29-16-13-25(20-30(29)44-6-2)32-31(33(41)26-14-15-28-27(19-26)18-23(4)46-28)34(42)35(43)40(32)36-38-39-37(48-36)47-21-24-11-9-22(3)10-12-24/h9-16,19-20,23,32,41H,5-8,17-18,21H2,1-4H3/b33-31+/t23-,32+/m1/s1. The molecule has 2 atom stereocenters. The highest BCUT2D eigenvalue weighted by molar-refractivity contribution is 8.00. The summed E-state index contributed by atoms with van der Waals surface area (Å²) in [5.41, 5.74) is 4.22. The van der Waals surface area contributed by atoms with Crippen LogP contribution < -0.4 is 19.1 Å². The van der Waals surface area contributed by atoms with Crippen molar-refractivity contribution in [2.75, 3.05) is 18.1 Å². The van der Waals surface area contributed by atoms with Crippen molar-refractivity contribution < 1.29 is 28.9 Å². The van der Waals surface area contributed by atoms with E-state index < -0.39 is 17.7 Å². The van der Waals surface area contributed by atoms with Crippen LogP contribution in [0.5, 0.6) is 17.2 Å². The second-order valence-corrected chi connectivity index (χ2v) is 14.1. The van der Waals surface area contributed by atoms with E-state index >= 15 is 0 Å². The molecule has 1 fully saturated rings. The van der Waals surface area contributed by atoms with Crippen LogP contribution in [0.2, 0.25) is 0 Å². The topological polar surface area (TPSA) is 111 Å². The van der Waals surface area contributed by atoms with Gasteiger partial charge in [0.25, 0.3) is 5.78 Å². The number of carbonyl (C=O) groups is 2. The molecule has 2 aliphatic heterocycles. The lowest BCUT2D eigenvalue weighted by molar-refractivity contribution is -0.132. The van der Waals surface area contributed by atoms with Gasteiger partial charge in [-0.3, -0.25) is 14.5 Å². The molecule has 1 N–H and O–H groups in total. The Labute approximate surface area is 288 Å². The molecule has 11 heteroatoms. The Balaban J connectivity index is 1.39.